The number of hydrogen-bond donors (Lipinski definition) is 2. The highest BCUT2D eigenvalue weighted by molar-refractivity contribution is 7.92. The minimum Gasteiger partial charge on any atom is -0.493 e. The smallest absolute Gasteiger partial charge is 0.297 e. The van der Waals surface area contributed by atoms with Crippen LogP contribution in [0.15, 0.2) is 124 Å². The number of carbonyl (C=O) groups is 1. The van der Waals surface area contributed by atoms with Gasteiger partial charge in [-0.1, -0.05) is 78.9 Å². The maximum Gasteiger partial charge on any atom is 0.297 e. The van der Waals surface area contributed by atoms with Gasteiger partial charge in [-0.3, -0.25) is 9.10 Å². The van der Waals surface area contributed by atoms with Crippen molar-refractivity contribution >= 4 is 38.2 Å². The predicted molar refractivity (Wildman–Crippen MR) is 142 cm³/mol. The molecule has 1 heterocycles. The van der Waals surface area contributed by atoms with E-state index in [1.165, 1.54) is 22.5 Å². The average molecular weight is 511 g/mol. The molecule has 4 aromatic carbocycles. The molecule has 0 saturated heterocycles. The molecule has 0 bridgehead atoms. The summed E-state index contributed by atoms with van der Waals surface area (Å²) in [6.07, 6.45) is 0. The first-order chi connectivity index (χ1) is 17.9. The zero-order chi connectivity index (χ0) is 25.8. The van der Waals surface area contributed by atoms with Gasteiger partial charge in [0.05, 0.1) is 28.2 Å². The number of benzene rings is 4. The van der Waals surface area contributed by atoms with E-state index >= 15 is 0 Å². The second-order valence-corrected chi connectivity index (χ2v) is 10.1. The molecule has 5 rings (SSSR count). The van der Waals surface area contributed by atoms with Crippen molar-refractivity contribution in [2.45, 2.75) is 11.4 Å². The molecule has 2 N–H and O–H groups in total. The Kier molecular flexibility index (Phi) is 6.53. The minimum absolute atomic E-state index is 0.00272. The molecule has 5 aromatic rings. The number of nitrogens with zero attached hydrogens (tertiary/aromatic N) is 3. The van der Waals surface area contributed by atoms with Crippen LogP contribution < -0.4 is 4.31 Å². The third-order valence-electron chi connectivity index (χ3n) is 5.80. The number of H-pyrrole nitrogens is 1. The van der Waals surface area contributed by atoms with Crippen LogP contribution in [-0.4, -0.2) is 24.4 Å². The molecule has 0 atom stereocenters. The van der Waals surface area contributed by atoms with E-state index in [0.717, 1.165) is 5.56 Å². The Morgan fingerprint density at radius 2 is 1.43 bits per heavy atom. The fraction of sp³-hybridized carbons (Fsp3) is 0.0357. The molecule has 0 fully saturated rings. The average Bonchev–Trinajstić information content (AvgIpc) is 3.26. The van der Waals surface area contributed by atoms with E-state index in [-0.39, 0.29) is 34.3 Å². The van der Waals surface area contributed by atoms with Crippen molar-refractivity contribution in [3.05, 3.63) is 120 Å². The van der Waals surface area contributed by atoms with Crippen molar-refractivity contribution in [3.8, 4) is 5.88 Å². The van der Waals surface area contributed by atoms with Crippen LogP contribution in [0.2, 0.25) is 0 Å². The Morgan fingerprint density at radius 1 is 0.811 bits per heavy atom. The number of azo groups is 1. The molecule has 184 valence electrons. The number of amides is 1. The summed E-state index contributed by atoms with van der Waals surface area (Å²) in [6, 6.07) is 30.6. The summed E-state index contributed by atoms with van der Waals surface area (Å²) in [5.41, 5.74) is 1.74. The van der Waals surface area contributed by atoms with Crippen LogP contribution in [0.5, 0.6) is 5.88 Å². The molecule has 0 saturated carbocycles. The maximum absolute atomic E-state index is 13.8. The first-order valence-electron chi connectivity index (χ1n) is 11.4. The highest BCUT2D eigenvalue weighted by Crippen LogP contribution is 2.36. The van der Waals surface area contributed by atoms with Crippen LogP contribution >= 0.6 is 0 Å². The SMILES string of the molecule is O=C(N=Nc1c(O)[nH]c2ccccc12)c1ccccc1N(Cc1ccccc1)S(=O)(=O)c1ccccc1. The topological polar surface area (TPSA) is 115 Å². The summed E-state index contributed by atoms with van der Waals surface area (Å²) in [4.78, 5) is 16.1. The van der Waals surface area contributed by atoms with Gasteiger partial charge in [0.2, 0.25) is 5.88 Å². The van der Waals surface area contributed by atoms with Crippen molar-refractivity contribution in [3.63, 3.8) is 0 Å². The lowest BCUT2D eigenvalue weighted by Gasteiger charge is -2.26. The minimum atomic E-state index is -4.04. The first kappa shape index (κ1) is 24.0. The maximum atomic E-state index is 13.8. The highest BCUT2D eigenvalue weighted by atomic mass is 32.2. The van der Waals surface area contributed by atoms with E-state index in [1.54, 1.807) is 60.7 Å². The summed E-state index contributed by atoms with van der Waals surface area (Å²) < 4.78 is 28.7. The van der Waals surface area contributed by atoms with Gasteiger partial charge in [-0.05, 0) is 35.9 Å². The number of fused-ring (bicyclic) bond motifs is 1. The summed E-state index contributed by atoms with van der Waals surface area (Å²) >= 11 is 0. The number of hydrogen-bond acceptors (Lipinski definition) is 5. The fourth-order valence-electron chi connectivity index (χ4n) is 4.00. The largest absolute Gasteiger partial charge is 0.493 e. The Hall–Kier alpha value is -4.76. The van der Waals surface area contributed by atoms with Gasteiger partial charge in [-0.25, -0.2) is 8.42 Å². The molecular weight excluding hydrogens is 488 g/mol. The molecule has 1 aromatic heterocycles. The van der Waals surface area contributed by atoms with Gasteiger partial charge in [-0.15, -0.1) is 10.2 Å². The quantitative estimate of drug-likeness (QED) is 0.254. The summed E-state index contributed by atoms with van der Waals surface area (Å²) in [5, 5.41) is 18.7. The van der Waals surface area contributed by atoms with Crippen molar-refractivity contribution < 1.29 is 18.3 Å². The van der Waals surface area contributed by atoms with E-state index in [4.69, 9.17) is 0 Å². The molecule has 0 aliphatic carbocycles. The second-order valence-electron chi connectivity index (χ2n) is 8.20. The Balaban J connectivity index is 1.57. The number of carbonyl (C=O) groups excluding carboxylic acids is 1. The van der Waals surface area contributed by atoms with Crippen molar-refractivity contribution in [2.75, 3.05) is 4.31 Å². The van der Waals surface area contributed by atoms with E-state index in [9.17, 15) is 18.3 Å². The van der Waals surface area contributed by atoms with E-state index in [1.807, 2.05) is 30.3 Å². The number of rotatable bonds is 7. The van der Waals surface area contributed by atoms with Gasteiger partial charge in [0.1, 0.15) is 0 Å². The molecule has 9 heteroatoms. The van der Waals surface area contributed by atoms with E-state index in [0.29, 0.717) is 10.9 Å². The first-order valence-corrected chi connectivity index (χ1v) is 12.9. The van der Waals surface area contributed by atoms with Gasteiger partial charge in [-0.2, -0.15) is 0 Å². The molecule has 0 radical (unpaired) electrons. The third-order valence-corrected chi connectivity index (χ3v) is 7.58. The molecule has 0 spiro atoms. The number of nitrogens with one attached hydrogen (secondary N) is 1. The molecule has 0 unspecified atom stereocenters. The summed E-state index contributed by atoms with van der Waals surface area (Å²) in [6.45, 7) is 0.00272. The molecular formula is C28H22N4O4S. The van der Waals surface area contributed by atoms with Crippen LogP contribution in [-0.2, 0) is 16.6 Å². The molecule has 0 aliphatic heterocycles. The van der Waals surface area contributed by atoms with Crippen LogP contribution in [0.3, 0.4) is 0 Å². The lowest BCUT2D eigenvalue weighted by atomic mass is 10.1. The predicted octanol–water partition coefficient (Wildman–Crippen LogP) is 6.19. The number of para-hydroxylation sites is 2. The van der Waals surface area contributed by atoms with Gasteiger partial charge in [0.25, 0.3) is 15.9 Å². The van der Waals surface area contributed by atoms with Crippen molar-refractivity contribution in [1.82, 2.24) is 4.98 Å². The van der Waals surface area contributed by atoms with Crippen molar-refractivity contribution in [1.29, 1.82) is 0 Å². The lowest BCUT2D eigenvalue weighted by Crippen LogP contribution is -2.31. The van der Waals surface area contributed by atoms with Gasteiger partial charge in [0.15, 0.2) is 5.69 Å². The molecule has 37 heavy (non-hydrogen) atoms. The van der Waals surface area contributed by atoms with Gasteiger partial charge >= 0.3 is 0 Å². The van der Waals surface area contributed by atoms with E-state index < -0.39 is 15.9 Å². The normalized spacial score (nSPS) is 11.7. The van der Waals surface area contributed by atoms with Crippen LogP contribution in [0.4, 0.5) is 11.4 Å². The Labute approximate surface area is 213 Å². The Bertz CT molecular complexity index is 1700. The third kappa shape index (κ3) is 4.85. The molecule has 1 amide bonds. The monoisotopic (exact) mass is 510 g/mol. The van der Waals surface area contributed by atoms with Crippen molar-refractivity contribution in [2.24, 2.45) is 10.2 Å². The highest BCUT2D eigenvalue weighted by Gasteiger charge is 2.28. The number of anilines is 1. The number of aromatic nitrogens is 1. The zero-order valence-corrected chi connectivity index (χ0v) is 20.3. The molecule has 8 nitrogen and oxygen atoms in total. The standard InChI is InChI=1S/C28H22N4O4S/c33-27(31-30-26-22-15-7-9-17-24(22)29-28(26)34)23-16-8-10-18-25(23)32(19-20-11-3-1-4-12-20)37(35,36)21-13-5-2-6-14-21/h1-18,29,34H,19H2. The number of aromatic hydroxyl groups is 1. The number of sulfonamides is 1. The van der Waals surface area contributed by atoms with Gasteiger partial charge < -0.3 is 10.1 Å². The zero-order valence-electron chi connectivity index (χ0n) is 19.5. The summed E-state index contributed by atoms with van der Waals surface area (Å²) in [7, 11) is -4.04. The second kappa shape index (κ2) is 10.1. The Morgan fingerprint density at radius 3 is 2.19 bits per heavy atom. The summed E-state index contributed by atoms with van der Waals surface area (Å²) in [5.74, 6) is -0.968. The lowest BCUT2D eigenvalue weighted by molar-refractivity contribution is 0.0995. The van der Waals surface area contributed by atoms with Crippen LogP contribution in [0, 0.1) is 0 Å². The fourth-order valence-corrected chi connectivity index (χ4v) is 5.50. The van der Waals surface area contributed by atoms with Gasteiger partial charge in [0, 0.05) is 5.39 Å². The van der Waals surface area contributed by atoms with E-state index in [2.05, 4.69) is 15.2 Å². The van der Waals surface area contributed by atoms with Crippen LogP contribution in [0.25, 0.3) is 10.9 Å². The van der Waals surface area contributed by atoms with Crippen LogP contribution in [0.1, 0.15) is 15.9 Å². The number of aromatic amines is 1. The molecule has 0 aliphatic rings.